The zero-order valence-electron chi connectivity index (χ0n) is 17.9. The van der Waals surface area contributed by atoms with Crippen LogP contribution in [0.15, 0.2) is 48.5 Å². The smallest absolute Gasteiger partial charge is 0.407 e. The van der Waals surface area contributed by atoms with Gasteiger partial charge in [-0.3, -0.25) is 9.59 Å². The summed E-state index contributed by atoms with van der Waals surface area (Å²) < 4.78 is 5.45. The van der Waals surface area contributed by atoms with E-state index in [1.807, 2.05) is 36.4 Å². The molecule has 3 N–H and O–H groups in total. The molecule has 7 nitrogen and oxygen atoms in total. The Morgan fingerprint density at radius 3 is 2.22 bits per heavy atom. The van der Waals surface area contributed by atoms with Gasteiger partial charge < -0.3 is 20.5 Å². The van der Waals surface area contributed by atoms with Crippen molar-refractivity contribution in [2.45, 2.75) is 44.1 Å². The van der Waals surface area contributed by atoms with E-state index in [0.29, 0.717) is 0 Å². The molecule has 168 valence electrons. The molecule has 2 aliphatic carbocycles. The van der Waals surface area contributed by atoms with Crippen molar-refractivity contribution in [2.75, 3.05) is 13.2 Å². The lowest BCUT2D eigenvalue weighted by atomic mass is 9.82. The van der Waals surface area contributed by atoms with Crippen LogP contribution in [0.1, 0.15) is 49.1 Å². The molecule has 0 spiro atoms. The first-order chi connectivity index (χ1) is 15.5. The molecule has 4 rings (SSSR count). The minimum Gasteiger partial charge on any atom is -0.481 e. The number of amides is 2. The fraction of sp³-hybridized carbons (Fsp3) is 0.400. The SMILES string of the molecule is O=C(O)C[C@@H]1CCCC[C@@H]1NC(=O)CNC(=O)OCC1c2ccccc2-c2ccccc21. The molecule has 1 fully saturated rings. The third kappa shape index (κ3) is 4.93. The predicted octanol–water partition coefficient (Wildman–Crippen LogP) is 3.67. The van der Waals surface area contributed by atoms with E-state index in [1.165, 1.54) is 0 Å². The highest BCUT2D eigenvalue weighted by Gasteiger charge is 2.30. The molecular formula is C25H28N2O5. The highest BCUT2D eigenvalue weighted by molar-refractivity contribution is 5.83. The number of hydrogen-bond donors (Lipinski definition) is 3. The van der Waals surface area contributed by atoms with Crippen molar-refractivity contribution < 1.29 is 24.2 Å². The standard InChI is InChI=1S/C25H28N2O5/c28-23(27-22-12-6-1-7-16(22)13-24(29)30)14-26-25(31)32-15-21-19-10-4-2-8-17(19)18-9-3-5-11-20(18)21/h2-5,8-11,16,21-22H,1,6-7,12-15H2,(H,26,31)(H,27,28)(H,29,30)/t16-,22-/m0/s1. The molecule has 0 saturated heterocycles. The van der Waals surface area contributed by atoms with Gasteiger partial charge >= 0.3 is 12.1 Å². The predicted molar refractivity (Wildman–Crippen MR) is 119 cm³/mol. The molecule has 0 radical (unpaired) electrons. The van der Waals surface area contributed by atoms with Gasteiger partial charge in [-0.05, 0) is 41.0 Å². The Bertz CT molecular complexity index is 960. The van der Waals surface area contributed by atoms with Crippen LogP contribution in [0.25, 0.3) is 11.1 Å². The summed E-state index contributed by atoms with van der Waals surface area (Å²) in [5.74, 6) is -1.30. The fourth-order valence-corrected chi connectivity index (χ4v) is 4.93. The average Bonchev–Trinajstić information content (AvgIpc) is 3.11. The van der Waals surface area contributed by atoms with Crippen molar-refractivity contribution >= 4 is 18.0 Å². The number of carbonyl (C=O) groups is 3. The van der Waals surface area contributed by atoms with E-state index in [0.717, 1.165) is 47.9 Å². The van der Waals surface area contributed by atoms with Gasteiger partial charge in [-0.15, -0.1) is 0 Å². The van der Waals surface area contributed by atoms with Crippen molar-refractivity contribution in [1.29, 1.82) is 0 Å². The molecule has 0 unspecified atom stereocenters. The van der Waals surface area contributed by atoms with Gasteiger partial charge in [0.05, 0.1) is 6.42 Å². The quantitative estimate of drug-likeness (QED) is 0.614. The summed E-state index contributed by atoms with van der Waals surface area (Å²) in [6.07, 6.45) is 2.88. The molecule has 2 atom stereocenters. The largest absolute Gasteiger partial charge is 0.481 e. The van der Waals surface area contributed by atoms with Gasteiger partial charge in [0.15, 0.2) is 0 Å². The number of ether oxygens (including phenoxy) is 1. The van der Waals surface area contributed by atoms with Crippen molar-refractivity contribution in [3.63, 3.8) is 0 Å². The van der Waals surface area contributed by atoms with Crippen LogP contribution in [0, 0.1) is 5.92 Å². The number of nitrogens with one attached hydrogen (secondary N) is 2. The third-order valence-electron chi connectivity index (χ3n) is 6.43. The van der Waals surface area contributed by atoms with E-state index in [9.17, 15) is 14.4 Å². The molecule has 32 heavy (non-hydrogen) atoms. The minimum atomic E-state index is -0.854. The fourth-order valence-electron chi connectivity index (χ4n) is 4.93. The number of fused-ring (bicyclic) bond motifs is 3. The van der Waals surface area contributed by atoms with Gasteiger partial charge in [0.25, 0.3) is 0 Å². The molecule has 0 aromatic heterocycles. The zero-order valence-corrected chi connectivity index (χ0v) is 17.9. The van der Waals surface area contributed by atoms with Gasteiger partial charge in [-0.2, -0.15) is 0 Å². The second-order valence-electron chi connectivity index (χ2n) is 8.50. The van der Waals surface area contributed by atoms with E-state index in [-0.39, 0.29) is 43.4 Å². The van der Waals surface area contributed by atoms with E-state index in [1.54, 1.807) is 0 Å². The van der Waals surface area contributed by atoms with Crippen LogP contribution < -0.4 is 10.6 Å². The second kappa shape index (κ2) is 9.85. The number of aliphatic carboxylic acids is 1. The van der Waals surface area contributed by atoms with Crippen LogP contribution >= 0.6 is 0 Å². The van der Waals surface area contributed by atoms with Crippen LogP contribution in [0.2, 0.25) is 0 Å². The van der Waals surface area contributed by atoms with E-state index < -0.39 is 12.1 Å². The molecule has 2 aromatic carbocycles. The molecule has 7 heteroatoms. The monoisotopic (exact) mass is 436 g/mol. The lowest BCUT2D eigenvalue weighted by Gasteiger charge is -2.31. The van der Waals surface area contributed by atoms with Gasteiger partial charge in [0, 0.05) is 12.0 Å². The minimum absolute atomic E-state index is 0.0407. The topological polar surface area (TPSA) is 105 Å². The zero-order chi connectivity index (χ0) is 22.5. The van der Waals surface area contributed by atoms with Gasteiger partial charge in [0.1, 0.15) is 13.2 Å². The Hall–Kier alpha value is -3.35. The number of carboxylic acid groups (broad SMARTS) is 1. The third-order valence-corrected chi connectivity index (χ3v) is 6.43. The molecular weight excluding hydrogens is 408 g/mol. The van der Waals surface area contributed by atoms with Crippen molar-refractivity contribution in [2.24, 2.45) is 5.92 Å². The normalized spacial score (nSPS) is 19.5. The van der Waals surface area contributed by atoms with E-state index >= 15 is 0 Å². The molecule has 0 bridgehead atoms. The Balaban J connectivity index is 1.28. The molecule has 2 aliphatic rings. The van der Waals surface area contributed by atoms with Gasteiger partial charge in [-0.25, -0.2) is 4.79 Å². The molecule has 0 heterocycles. The summed E-state index contributed by atoms with van der Waals surface area (Å²) in [4.78, 5) is 35.6. The summed E-state index contributed by atoms with van der Waals surface area (Å²) in [6.45, 7) is -0.0161. The number of carboxylic acids is 1. The van der Waals surface area contributed by atoms with E-state index in [4.69, 9.17) is 9.84 Å². The van der Waals surface area contributed by atoms with Gasteiger partial charge in [-0.1, -0.05) is 61.4 Å². The maximum Gasteiger partial charge on any atom is 0.407 e. The van der Waals surface area contributed by atoms with Crippen LogP contribution in [0.5, 0.6) is 0 Å². The number of carbonyl (C=O) groups excluding carboxylic acids is 2. The maximum absolute atomic E-state index is 12.3. The van der Waals surface area contributed by atoms with Crippen LogP contribution in [0.4, 0.5) is 4.79 Å². The first kappa shape index (κ1) is 21.9. The Labute approximate surface area is 187 Å². The Morgan fingerprint density at radius 1 is 0.938 bits per heavy atom. The van der Waals surface area contributed by atoms with Crippen LogP contribution in [-0.2, 0) is 14.3 Å². The maximum atomic E-state index is 12.3. The van der Waals surface area contributed by atoms with Crippen molar-refractivity contribution in [1.82, 2.24) is 10.6 Å². The Kier molecular flexibility index (Phi) is 6.73. The molecule has 1 saturated carbocycles. The average molecular weight is 437 g/mol. The van der Waals surface area contributed by atoms with Gasteiger partial charge in [0.2, 0.25) is 5.91 Å². The van der Waals surface area contributed by atoms with Crippen molar-refractivity contribution in [3.05, 3.63) is 59.7 Å². The highest BCUT2D eigenvalue weighted by Crippen LogP contribution is 2.44. The van der Waals surface area contributed by atoms with Crippen LogP contribution in [-0.4, -0.2) is 42.3 Å². The summed E-state index contributed by atoms with van der Waals surface area (Å²) in [5.41, 5.74) is 4.56. The first-order valence-electron chi connectivity index (χ1n) is 11.1. The number of alkyl carbamates (subject to hydrolysis) is 1. The number of rotatable bonds is 7. The van der Waals surface area contributed by atoms with Crippen molar-refractivity contribution in [3.8, 4) is 11.1 Å². The molecule has 2 aromatic rings. The Morgan fingerprint density at radius 2 is 1.56 bits per heavy atom. The van der Waals surface area contributed by atoms with E-state index in [2.05, 4.69) is 22.8 Å². The summed E-state index contributed by atoms with van der Waals surface area (Å²) in [7, 11) is 0. The summed E-state index contributed by atoms with van der Waals surface area (Å²) >= 11 is 0. The number of hydrogen-bond acceptors (Lipinski definition) is 4. The number of benzene rings is 2. The first-order valence-corrected chi connectivity index (χ1v) is 11.1. The second-order valence-corrected chi connectivity index (χ2v) is 8.50. The van der Waals surface area contributed by atoms with Crippen LogP contribution in [0.3, 0.4) is 0 Å². The summed E-state index contributed by atoms with van der Waals surface area (Å²) in [6, 6.07) is 16.0. The lowest BCUT2D eigenvalue weighted by Crippen LogP contribution is -2.46. The molecule has 0 aliphatic heterocycles. The summed E-state index contributed by atoms with van der Waals surface area (Å²) in [5, 5.41) is 14.5. The molecule has 2 amide bonds. The highest BCUT2D eigenvalue weighted by atomic mass is 16.5. The lowest BCUT2D eigenvalue weighted by molar-refractivity contribution is -0.139.